The average Bonchev–Trinajstić information content (AvgIpc) is 3.16. The van der Waals surface area contributed by atoms with Crippen molar-refractivity contribution in [2.75, 3.05) is 25.0 Å². The van der Waals surface area contributed by atoms with Crippen molar-refractivity contribution in [1.82, 2.24) is 9.88 Å². The van der Waals surface area contributed by atoms with Crippen molar-refractivity contribution in [2.45, 2.75) is 26.4 Å². The number of aryl methyl sites for hydroxylation is 1. The Morgan fingerprint density at radius 3 is 3.04 bits per heavy atom. The van der Waals surface area contributed by atoms with Gasteiger partial charge in [0.25, 0.3) is 0 Å². The number of hydrogen-bond acceptors (Lipinski definition) is 5. The maximum atomic E-state index is 12.3. The third-order valence-corrected chi connectivity index (χ3v) is 5.19. The Morgan fingerprint density at radius 2 is 2.38 bits per heavy atom. The number of carbonyl (C=O) groups excluding carboxylic acids is 1. The molecule has 24 heavy (non-hydrogen) atoms. The zero-order valence-corrected chi connectivity index (χ0v) is 14.8. The summed E-state index contributed by atoms with van der Waals surface area (Å²) in [6.45, 7) is 5.81. The molecule has 2 aromatic rings. The Kier molecular flexibility index (Phi) is 5.28. The maximum absolute atomic E-state index is 12.3. The normalized spacial score (nSPS) is 19.4. The molecule has 1 aliphatic heterocycles. The monoisotopic (exact) mass is 345 g/mol. The van der Waals surface area contributed by atoms with Gasteiger partial charge in [0.1, 0.15) is 0 Å². The number of aliphatic hydroxyl groups excluding tert-OH is 1. The molecule has 2 N–H and O–H groups in total. The topological polar surface area (TPSA) is 65.5 Å². The first-order valence-electron chi connectivity index (χ1n) is 8.24. The Hall–Kier alpha value is -1.76. The molecular weight excluding hydrogens is 322 g/mol. The van der Waals surface area contributed by atoms with Gasteiger partial charge in [0.2, 0.25) is 5.91 Å². The smallest absolute Gasteiger partial charge is 0.238 e. The van der Waals surface area contributed by atoms with E-state index in [9.17, 15) is 9.90 Å². The molecule has 2 heterocycles. The number of carbonyl (C=O) groups is 1. The van der Waals surface area contributed by atoms with Crippen LogP contribution in [0.4, 0.5) is 5.69 Å². The lowest BCUT2D eigenvalue weighted by Crippen LogP contribution is -2.32. The summed E-state index contributed by atoms with van der Waals surface area (Å²) >= 11 is 1.62. The zero-order valence-electron chi connectivity index (χ0n) is 14.0. The Labute approximate surface area is 146 Å². The summed E-state index contributed by atoms with van der Waals surface area (Å²) in [6.07, 6.45) is 0.639. The van der Waals surface area contributed by atoms with Crippen LogP contribution in [0.2, 0.25) is 0 Å². The molecule has 0 aliphatic carbocycles. The molecule has 0 radical (unpaired) electrons. The van der Waals surface area contributed by atoms with Gasteiger partial charge in [-0.2, -0.15) is 0 Å². The fraction of sp³-hybridized carbons (Fsp3) is 0.444. The van der Waals surface area contributed by atoms with Crippen LogP contribution in [0.3, 0.4) is 0 Å². The van der Waals surface area contributed by atoms with Gasteiger partial charge in [-0.05, 0) is 44.9 Å². The number of nitrogens with zero attached hydrogens (tertiary/aromatic N) is 2. The van der Waals surface area contributed by atoms with Gasteiger partial charge < -0.3 is 10.4 Å². The van der Waals surface area contributed by atoms with Gasteiger partial charge in [0, 0.05) is 23.2 Å². The van der Waals surface area contributed by atoms with E-state index in [2.05, 4.69) is 15.2 Å². The summed E-state index contributed by atoms with van der Waals surface area (Å²) < 4.78 is 0. The van der Waals surface area contributed by atoms with Gasteiger partial charge in [-0.3, -0.25) is 9.69 Å². The molecule has 1 saturated heterocycles. The number of rotatable bonds is 5. The maximum Gasteiger partial charge on any atom is 0.238 e. The van der Waals surface area contributed by atoms with Gasteiger partial charge in [-0.25, -0.2) is 4.98 Å². The number of aliphatic hydroxyl groups is 1. The van der Waals surface area contributed by atoms with Crippen molar-refractivity contribution in [3.8, 4) is 11.3 Å². The molecular formula is C18H23N3O2S. The summed E-state index contributed by atoms with van der Waals surface area (Å²) in [5.74, 6) is 0.252. The second kappa shape index (κ2) is 7.42. The predicted octanol–water partition coefficient (Wildman–Crippen LogP) is 2.76. The molecule has 1 aromatic carbocycles. The second-order valence-corrected chi connectivity index (χ2v) is 7.47. The van der Waals surface area contributed by atoms with Crippen LogP contribution in [0.1, 0.15) is 18.4 Å². The number of nitrogens with one attached hydrogen (secondary N) is 1. The Bertz CT molecular complexity index is 714. The first kappa shape index (κ1) is 17.1. The molecule has 128 valence electrons. The van der Waals surface area contributed by atoms with Gasteiger partial charge in [-0.15, -0.1) is 11.3 Å². The fourth-order valence-corrected chi connectivity index (χ4v) is 3.68. The number of hydrogen-bond donors (Lipinski definition) is 2. The van der Waals surface area contributed by atoms with Crippen molar-refractivity contribution in [3.63, 3.8) is 0 Å². The van der Waals surface area contributed by atoms with Crippen LogP contribution in [-0.2, 0) is 4.79 Å². The van der Waals surface area contributed by atoms with Crippen LogP contribution in [0, 0.1) is 12.8 Å². The summed E-state index contributed by atoms with van der Waals surface area (Å²) in [6, 6.07) is 7.77. The molecule has 1 aliphatic rings. The van der Waals surface area contributed by atoms with E-state index in [-0.39, 0.29) is 17.9 Å². The van der Waals surface area contributed by atoms with Crippen molar-refractivity contribution < 1.29 is 9.90 Å². The SMILES string of the molecule is Cc1nc(-c2cccc(NC(=O)CN3CCC(C(C)O)C3)c2)cs1. The lowest BCUT2D eigenvalue weighted by molar-refractivity contribution is -0.117. The third-order valence-electron chi connectivity index (χ3n) is 4.42. The van der Waals surface area contributed by atoms with Crippen molar-refractivity contribution in [1.29, 1.82) is 0 Å². The molecule has 6 heteroatoms. The van der Waals surface area contributed by atoms with Crippen molar-refractivity contribution >= 4 is 22.9 Å². The molecule has 1 amide bonds. The van der Waals surface area contributed by atoms with E-state index in [0.717, 1.165) is 41.5 Å². The summed E-state index contributed by atoms with van der Waals surface area (Å²) in [5, 5.41) is 15.7. The summed E-state index contributed by atoms with van der Waals surface area (Å²) in [5.41, 5.74) is 2.73. The van der Waals surface area contributed by atoms with Gasteiger partial charge in [0.15, 0.2) is 0 Å². The van der Waals surface area contributed by atoms with Crippen LogP contribution in [0.15, 0.2) is 29.6 Å². The molecule has 0 spiro atoms. The molecule has 1 fully saturated rings. The highest BCUT2D eigenvalue weighted by Crippen LogP contribution is 2.24. The van der Waals surface area contributed by atoms with Crippen LogP contribution in [0.5, 0.6) is 0 Å². The van der Waals surface area contributed by atoms with Gasteiger partial charge in [-0.1, -0.05) is 12.1 Å². The van der Waals surface area contributed by atoms with Crippen molar-refractivity contribution in [2.24, 2.45) is 5.92 Å². The van der Waals surface area contributed by atoms with Gasteiger partial charge in [0.05, 0.1) is 23.4 Å². The Morgan fingerprint density at radius 1 is 1.54 bits per heavy atom. The number of likely N-dealkylation sites (tertiary alicyclic amines) is 1. The molecule has 0 bridgehead atoms. The Balaban J connectivity index is 1.59. The molecule has 1 aromatic heterocycles. The van der Waals surface area contributed by atoms with Crippen molar-refractivity contribution in [3.05, 3.63) is 34.7 Å². The van der Waals surface area contributed by atoms with E-state index < -0.39 is 0 Å². The molecule has 0 saturated carbocycles. The molecule has 2 unspecified atom stereocenters. The zero-order chi connectivity index (χ0) is 17.1. The lowest BCUT2D eigenvalue weighted by Gasteiger charge is -2.17. The van der Waals surface area contributed by atoms with Gasteiger partial charge >= 0.3 is 0 Å². The molecule has 5 nitrogen and oxygen atoms in total. The van der Waals surface area contributed by atoms with Crippen LogP contribution in [0.25, 0.3) is 11.3 Å². The highest BCUT2D eigenvalue weighted by atomic mass is 32.1. The van der Waals surface area contributed by atoms with E-state index in [1.807, 2.05) is 43.5 Å². The van der Waals surface area contributed by atoms with Crippen LogP contribution in [-0.4, -0.2) is 46.6 Å². The predicted molar refractivity (Wildman–Crippen MR) is 97.1 cm³/mol. The minimum Gasteiger partial charge on any atom is -0.393 e. The molecule has 2 atom stereocenters. The number of benzene rings is 1. The van der Waals surface area contributed by atoms with E-state index in [1.165, 1.54) is 0 Å². The van der Waals surface area contributed by atoms with Crippen LogP contribution >= 0.6 is 11.3 Å². The first-order valence-corrected chi connectivity index (χ1v) is 9.12. The summed E-state index contributed by atoms with van der Waals surface area (Å²) in [4.78, 5) is 18.8. The molecule has 3 rings (SSSR count). The quantitative estimate of drug-likeness (QED) is 0.874. The highest BCUT2D eigenvalue weighted by molar-refractivity contribution is 7.09. The first-order chi connectivity index (χ1) is 11.5. The average molecular weight is 345 g/mol. The number of aromatic nitrogens is 1. The standard InChI is InChI=1S/C18H23N3O2S/c1-12(22)15-6-7-21(9-15)10-18(23)20-16-5-3-4-14(8-16)17-11-24-13(2)19-17/h3-5,8,11-12,15,22H,6-7,9-10H2,1-2H3,(H,20,23). The number of amides is 1. The summed E-state index contributed by atoms with van der Waals surface area (Å²) in [7, 11) is 0. The van der Waals surface area contributed by atoms with Crippen LogP contribution < -0.4 is 5.32 Å². The van der Waals surface area contributed by atoms with E-state index >= 15 is 0 Å². The number of thiazole rings is 1. The van der Waals surface area contributed by atoms with E-state index in [0.29, 0.717) is 6.54 Å². The minimum atomic E-state index is -0.309. The second-order valence-electron chi connectivity index (χ2n) is 6.41. The minimum absolute atomic E-state index is 0.0205. The lowest BCUT2D eigenvalue weighted by atomic mass is 10.0. The largest absolute Gasteiger partial charge is 0.393 e. The van der Waals surface area contributed by atoms with E-state index in [1.54, 1.807) is 11.3 Å². The third kappa shape index (κ3) is 4.20. The fourth-order valence-electron chi connectivity index (χ4n) is 3.06. The number of anilines is 1. The van der Waals surface area contributed by atoms with E-state index in [4.69, 9.17) is 0 Å². The highest BCUT2D eigenvalue weighted by Gasteiger charge is 2.27.